The van der Waals surface area contributed by atoms with Gasteiger partial charge in [-0.3, -0.25) is 14.9 Å². The zero-order valence-electron chi connectivity index (χ0n) is 15.8. The van der Waals surface area contributed by atoms with E-state index in [1.54, 1.807) is 24.3 Å². The Morgan fingerprint density at radius 1 is 1.28 bits per heavy atom. The number of nitrogens with one attached hydrogen (secondary N) is 1. The molecule has 29 heavy (non-hydrogen) atoms. The number of hydrogen-bond donors (Lipinski definition) is 1. The number of nitro benzene ring substituents is 1. The molecule has 1 N–H and O–H groups in total. The fourth-order valence-corrected chi connectivity index (χ4v) is 2.36. The van der Waals surface area contributed by atoms with E-state index in [0.29, 0.717) is 30.3 Å². The number of hydrogen-bond acceptors (Lipinski definition) is 6. The van der Waals surface area contributed by atoms with Crippen molar-refractivity contribution in [2.45, 2.75) is 6.92 Å². The van der Waals surface area contributed by atoms with Gasteiger partial charge in [-0.05, 0) is 36.8 Å². The van der Waals surface area contributed by atoms with Crippen molar-refractivity contribution >= 4 is 23.4 Å². The van der Waals surface area contributed by atoms with Gasteiger partial charge in [-0.2, -0.15) is 5.26 Å². The van der Waals surface area contributed by atoms with Crippen LogP contribution < -0.4 is 14.8 Å². The summed E-state index contributed by atoms with van der Waals surface area (Å²) in [6.45, 7) is 6.14. The quantitative estimate of drug-likeness (QED) is 0.225. The van der Waals surface area contributed by atoms with Crippen molar-refractivity contribution in [2.24, 2.45) is 0 Å². The molecule has 2 rings (SSSR count). The first-order valence-corrected chi connectivity index (χ1v) is 8.66. The van der Waals surface area contributed by atoms with Gasteiger partial charge in [0.2, 0.25) is 0 Å². The number of carbonyl (C=O) groups excluding carboxylic acids is 1. The molecular weight excluding hydrogens is 374 g/mol. The molecule has 2 aromatic rings. The van der Waals surface area contributed by atoms with Gasteiger partial charge in [0.05, 0.1) is 11.5 Å². The number of non-ortho nitro benzene ring substituents is 1. The van der Waals surface area contributed by atoms with Gasteiger partial charge in [-0.15, -0.1) is 0 Å². The third-order valence-electron chi connectivity index (χ3n) is 3.62. The van der Waals surface area contributed by atoms with Crippen LogP contribution in [0.2, 0.25) is 0 Å². The first-order valence-electron chi connectivity index (χ1n) is 8.66. The van der Waals surface area contributed by atoms with Crippen LogP contribution in [0.25, 0.3) is 6.08 Å². The molecule has 0 heterocycles. The molecule has 148 valence electrons. The molecule has 0 aromatic heterocycles. The lowest BCUT2D eigenvalue weighted by Gasteiger charge is -2.11. The number of nitrogens with zero attached hydrogens (tertiary/aromatic N) is 2. The minimum atomic E-state index is -0.682. The van der Waals surface area contributed by atoms with Crippen LogP contribution in [0.1, 0.15) is 12.5 Å². The SMILES string of the molecule is C=CCOc1ccc(/C=C(\C#N)C(=O)Nc2cccc([N+](=O)[O-])c2)cc1OCC. The molecular formula is C21H19N3O5. The number of nitriles is 1. The Kier molecular flexibility index (Phi) is 7.51. The van der Waals surface area contributed by atoms with Crippen molar-refractivity contribution in [1.82, 2.24) is 0 Å². The lowest BCUT2D eigenvalue weighted by atomic mass is 10.1. The highest BCUT2D eigenvalue weighted by Crippen LogP contribution is 2.29. The number of carbonyl (C=O) groups is 1. The zero-order valence-corrected chi connectivity index (χ0v) is 15.8. The van der Waals surface area contributed by atoms with Crippen LogP contribution in [0, 0.1) is 21.4 Å². The van der Waals surface area contributed by atoms with Gasteiger partial charge in [0, 0.05) is 17.8 Å². The molecule has 0 saturated heterocycles. The second-order valence-corrected chi connectivity index (χ2v) is 5.67. The fraction of sp³-hybridized carbons (Fsp3) is 0.143. The molecule has 2 aromatic carbocycles. The van der Waals surface area contributed by atoms with E-state index < -0.39 is 10.8 Å². The molecule has 0 atom stereocenters. The van der Waals surface area contributed by atoms with E-state index in [9.17, 15) is 20.2 Å². The van der Waals surface area contributed by atoms with Crippen molar-refractivity contribution in [3.05, 3.63) is 76.4 Å². The van der Waals surface area contributed by atoms with Gasteiger partial charge < -0.3 is 14.8 Å². The normalized spacial score (nSPS) is 10.6. The Balaban J connectivity index is 2.26. The summed E-state index contributed by atoms with van der Waals surface area (Å²) in [6.07, 6.45) is 3.00. The molecule has 0 aliphatic rings. The van der Waals surface area contributed by atoms with Crippen molar-refractivity contribution in [2.75, 3.05) is 18.5 Å². The molecule has 0 fully saturated rings. The van der Waals surface area contributed by atoms with E-state index in [4.69, 9.17) is 9.47 Å². The topological polar surface area (TPSA) is 114 Å². The molecule has 0 aliphatic heterocycles. The Morgan fingerprint density at radius 2 is 2.07 bits per heavy atom. The van der Waals surface area contributed by atoms with Gasteiger partial charge >= 0.3 is 0 Å². The lowest BCUT2D eigenvalue weighted by molar-refractivity contribution is -0.384. The summed E-state index contributed by atoms with van der Waals surface area (Å²) in [5, 5.41) is 22.7. The average Bonchev–Trinajstić information content (AvgIpc) is 2.71. The molecule has 1 amide bonds. The second kappa shape index (κ2) is 10.3. The summed E-state index contributed by atoms with van der Waals surface area (Å²) in [6, 6.07) is 12.3. The predicted molar refractivity (Wildman–Crippen MR) is 109 cm³/mol. The van der Waals surface area contributed by atoms with Gasteiger partial charge in [-0.1, -0.05) is 24.8 Å². The van der Waals surface area contributed by atoms with Crippen molar-refractivity contribution < 1.29 is 19.2 Å². The molecule has 0 bridgehead atoms. The maximum atomic E-state index is 12.4. The van der Waals surface area contributed by atoms with Crippen LogP contribution in [0.15, 0.2) is 60.7 Å². The standard InChI is InChI=1S/C21H19N3O5/c1-3-10-29-19-9-8-15(12-20(19)28-4-2)11-16(14-22)21(25)23-17-6-5-7-18(13-17)24(26)27/h3,5-9,11-13H,1,4,10H2,2H3,(H,23,25)/b16-11+. The maximum Gasteiger partial charge on any atom is 0.271 e. The Morgan fingerprint density at radius 3 is 2.72 bits per heavy atom. The van der Waals surface area contributed by atoms with Crippen molar-refractivity contribution in [1.29, 1.82) is 5.26 Å². The third kappa shape index (κ3) is 5.94. The number of benzene rings is 2. The van der Waals surface area contributed by atoms with Gasteiger partial charge in [-0.25, -0.2) is 0 Å². The van der Waals surface area contributed by atoms with Crippen LogP contribution in [-0.2, 0) is 4.79 Å². The minimum absolute atomic E-state index is 0.165. The molecule has 0 unspecified atom stereocenters. The number of anilines is 1. The van der Waals surface area contributed by atoms with E-state index >= 15 is 0 Å². The lowest BCUT2D eigenvalue weighted by Crippen LogP contribution is -2.13. The Hall–Kier alpha value is -4.12. The monoisotopic (exact) mass is 393 g/mol. The highest BCUT2D eigenvalue weighted by atomic mass is 16.6. The van der Waals surface area contributed by atoms with Crippen LogP contribution in [-0.4, -0.2) is 24.0 Å². The highest BCUT2D eigenvalue weighted by molar-refractivity contribution is 6.09. The van der Waals surface area contributed by atoms with Gasteiger partial charge in [0.25, 0.3) is 11.6 Å². The van der Waals surface area contributed by atoms with Crippen LogP contribution in [0.3, 0.4) is 0 Å². The van der Waals surface area contributed by atoms with E-state index in [2.05, 4.69) is 11.9 Å². The van der Waals surface area contributed by atoms with E-state index in [1.165, 1.54) is 30.3 Å². The highest BCUT2D eigenvalue weighted by Gasteiger charge is 2.13. The smallest absolute Gasteiger partial charge is 0.271 e. The number of rotatable bonds is 9. The first-order chi connectivity index (χ1) is 14.0. The summed E-state index contributed by atoms with van der Waals surface area (Å²) in [7, 11) is 0. The zero-order chi connectivity index (χ0) is 21.2. The summed E-state index contributed by atoms with van der Waals surface area (Å²) >= 11 is 0. The van der Waals surface area contributed by atoms with E-state index in [0.717, 1.165) is 0 Å². The third-order valence-corrected chi connectivity index (χ3v) is 3.62. The number of ether oxygens (including phenoxy) is 2. The van der Waals surface area contributed by atoms with Gasteiger partial charge in [0.1, 0.15) is 18.2 Å². The fourth-order valence-electron chi connectivity index (χ4n) is 2.36. The average molecular weight is 393 g/mol. The molecule has 8 nitrogen and oxygen atoms in total. The molecule has 0 saturated carbocycles. The molecule has 0 radical (unpaired) electrons. The van der Waals surface area contributed by atoms with E-state index in [-0.39, 0.29) is 16.9 Å². The van der Waals surface area contributed by atoms with E-state index in [1.807, 2.05) is 13.0 Å². The van der Waals surface area contributed by atoms with Crippen molar-refractivity contribution in [3.63, 3.8) is 0 Å². The summed E-state index contributed by atoms with van der Waals surface area (Å²) in [5.41, 5.74) is 0.444. The minimum Gasteiger partial charge on any atom is -0.490 e. The summed E-state index contributed by atoms with van der Waals surface area (Å²) < 4.78 is 11.1. The Labute approximate surface area is 167 Å². The predicted octanol–water partition coefficient (Wildman–Crippen LogP) is 4.10. The molecule has 0 aliphatic carbocycles. The largest absolute Gasteiger partial charge is 0.490 e. The molecule has 0 spiro atoms. The number of amides is 1. The molecule has 8 heteroatoms. The summed E-state index contributed by atoms with van der Waals surface area (Å²) in [4.78, 5) is 22.7. The second-order valence-electron chi connectivity index (χ2n) is 5.67. The summed E-state index contributed by atoms with van der Waals surface area (Å²) in [5.74, 6) is 0.306. The first kappa shape index (κ1) is 21.2. The maximum absolute atomic E-state index is 12.4. The van der Waals surface area contributed by atoms with Crippen LogP contribution in [0.5, 0.6) is 11.5 Å². The van der Waals surface area contributed by atoms with Crippen LogP contribution >= 0.6 is 0 Å². The van der Waals surface area contributed by atoms with Gasteiger partial charge in [0.15, 0.2) is 11.5 Å². The Bertz CT molecular complexity index is 992. The van der Waals surface area contributed by atoms with Crippen LogP contribution in [0.4, 0.5) is 11.4 Å². The number of nitro groups is 1. The van der Waals surface area contributed by atoms with Crippen molar-refractivity contribution in [3.8, 4) is 17.6 Å².